The van der Waals surface area contributed by atoms with Gasteiger partial charge in [0.15, 0.2) is 0 Å². The van der Waals surface area contributed by atoms with E-state index >= 15 is 0 Å². The van der Waals surface area contributed by atoms with Gasteiger partial charge in [0.2, 0.25) is 0 Å². The minimum atomic E-state index is -0.0380. The number of hydrogen-bond donors (Lipinski definition) is 0. The fourth-order valence-electron chi connectivity index (χ4n) is 2.13. The van der Waals surface area contributed by atoms with Gasteiger partial charge in [-0.2, -0.15) is 0 Å². The molecule has 0 aromatic rings. The van der Waals surface area contributed by atoms with Crippen LogP contribution in [0, 0.1) is 5.92 Å². The van der Waals surface area contributed by atoms with E-state index in [4.69, 9.17) is 9.47 Å². The molecule has 0 aromatic heterocycles. The zero-order valence-electron chi connectivity index (χ0n) is 5.45. The molecule has 3 fully saturated rings. The summed E-state index contributed by atoms with van der Waals surface area (Å²) in [6.45, 7) is 0. The lowest BCUT2D eigenvalue weighted by molar-refractivity contribution is -0.141. The van der Waals surface area contributed by atoms with Gasteiger partial charge in [0.1, 0.15) is 6.10 Å². The highest BCUT2D eigenvalue weighted by molar-refractivity contribution is 5.72. The molecule has 0 amide bonds. The maximum Gasteiger partial charge on any atom is 0.306 e. The van der Waals surface area contributed by atoms with Gasteiger partial charge in [0.05, 0.1) is 18.6 Å². The second-order valence-corrected chi connectivity index (χ2v) is 3.27. The Labute approximate surface area is 58.3 Å². The number of carbonyl (C=O) groups is 1. The first-order chi connectivity index (χ1) is 4.84. The summed E-state index contributed by atoms with van der Waals surface area (Å²) in [6.07, 6.45) is 2.54. The number of esters is 1. The summed E-state index contributed by atoms with van der Waals surface area (Å²) in [6, 6.07) is 0. The minimum absolute atomic E-state index is 0.0380. The first-order valence-corrected chi connectivity index (χ1v) is 3.69. The van der Waals surface area contributed by atoms with E-state index < -0.39 is 0 Å². The van der Waals surface area contributed by atoms with Crippen LogP contribution in [0.3, 0.4) is 0 Å². The fraction of sp³-hybridized carbons (Fsp3) is 0.857. The Morgan fingerprint density at radius 2 is 2.30 bits per heavy atom. The molecule has 1 saturated carbocycles. The molecule has 2 aliphatic heterocycles. The number of rotatable bonds is 0. The van der Waals surface area contributed by atoms with Gasteiger partial charge in [-0.3, -0.25) is 4.79 Å². The molecule has 0 bridgehead atoms. The van der Waals surface area contributed by atoms with E-state index in [1.54, 1.807) is 0 Å². The smallest absolute Gasteiger partial charge is 0.306 e. The molecule has 2 saturated heterocycles. The monoisotopic (exact) mass is 140 g/mol. The van der Waals surface area contributed by atoms with Gasteiger partial charge in [0.25, 0.3) is 0 Å². The van der Waals surface area contributed by atoms with Crippen molar-refractivity contribution in [3.05, 3.63) is 0 Å². The fourth-order valence-corrected chi connectivity index (χ4v) is 2.13. The van der Waals surface area contributed by atoms with Crippen LogP contribution in [0.5, 0.6) is 0 Å². The van der Waals surface area contributed by atoms with Crippen LogP contribution in [-0.2, 0) is 14.3 Å². The van der Waals surface area contributed by atoms with Gasteiger partial charge in [-0.25, -0.2) is 0 Å². The lowest BCUT2D eigenvalue weighted by atomic mass is 10.0. The Morgan fingerprint density at radius 1 is 1.40 bits per heavy atom. The summed E-state index contributed by atoms with van der Waals surface area (Å²) in [5, 5.41) is 0. The Hall–Kier alpha value is -0.570. The molecule has 3 nitrogen and oxygen atoms in total. The van der Waals surface area contributed by atoms with Crippen LogP contribution in [0.4, 0.5) is 0 Å². The van der Waals surface area contributed by atoms with Crippen molar-refractivity contribution in [2.24, 2.45) is 5.92 Å². The SMILES string of the molecule is O=C1C[C@@H]2[C@H]3O[C@H]3C[C@H]2O1. The van der Waals surface area contributed by atoms with Gasteiger partial charge in [0, 0.05) is 12.3 Å². The molecular formula is C7H8O3. The van der Waals surface area contributed by atoms with E-state index in [-0.39, 0.29) is 12.1 Å². The Bertz CT molecular complexity index is 201. The van der Waals surface area contributed by atoms with Crippen LogP contribution in [0.25, 0.3) is 0 Å². The van der Waals surface area contributed by atoms with E-state index in [0.717, 1.165) is 6.42 Å². The average molecular weight is 140 g/mol. The zero-order valence-corrected chi connectivity index (χ0v) is 5.45. The highest BCUT2D eigenvalue weighted by Crippen LogP contribution is 2.48. The van der Waals surface area contributed by atoms with E-state index in [1.807, 2.05) is 0 Å². The average Bonchev–Trinajstić information content (AvgIpc) is 2.40. The molecule has 0 spiro atoms. The molecule has 1 aliphatic carbocycles. The molecule has 4 atom stereocenters. The molecule has 10 heavy (non-hydrogen) atoms. The van der Waals surface area contributed by atoms with Gasteiger partial charge in [-0.05, 0) is 0 Å². The van der Waals surface area contributed by atoms with E-state index in [0.29, 0.717) is 24.5 Å². The predicted molar refractivity (Wildman–Crippen MR) is 31.3 cm³/mol. The highest BCUT2D eigenvalue weighted by atomic mass is 16.6. The third kappa shape index (κ3) is 0.475. The maximum atomic E-state index is 10.7. The summed E-state index contributed by atoms with van der Waals surface area (Å²) in [5.41, 5.74) is 0. The molecule has 3 heteroatoms. The van der Waals surface area contributed by atoms with Gasteiger partial charge in [-0.15, -0.1) is 0 Å². The summed E-state index contributed by atoms with van der Waals surface area (Å²) in [5.74, 6) is 0.362. The normalized spacial score (nSPS) is 55.8. The van der Waals surface area contributed by atoms with Crippen molar-refractivity contribution in [1.29, 1.82) is 0 Å². The van der Waals surface area contributed by atoms with Crippen LogP contribution in [-0.4, -0.2) is 24.3 Å². The lowest BCUT2D eigenvalue weighted by Gasteiger charge is -2.07. The molecule has 2 heterocycles. The van der Waals surface area contributed by atoms with Crippen LogP contribution < -0.4 is 0 Å². The van der Waals surface area contributed by atoms with Crippen molar-refractivity contribution in [2.45, 2.75) is 31.2 Å². The van der Waals surface area contributed by atoms with Crippen molar-refractivity contribution in [3.63, 3.8) is 0 Å². The molecule has 3 rings (SSSR count). The first kappa shape index (κ1) is 5.13. The molecule has 0 unspecified atom stereocenters. The van der Waals surface area contributed by atoms with Crippen LogP contribution >= 0.6 is 0 Å². The molecule has 3 aliphatic rings. The standard InChI is InChI=1S/C7H8O3/c8-6-1-3-4(9-6)2-5-7(3)10-5/h3-5,7H,1-2H2/t3-,4+,5-,7+/m0/s1. The summed E-state index contributed by atoms with van der Waals surface area (Å²) < 4.78 is 10.3. The van der Waals surface area contributed by atoms with Crippen LogP contribution in [0.1, 0.15) is 12.8 Å². The molecule has 0 N–H and O–H groups in total. The number of hydrogen-bond acceptors (Lipinski definition) is 3. The quantitative estimate of drug-likeness (QED) is 0.353. The highest BCUT2D eigenvalue weighted by Gasteiger charge is 2.60. The van der Waals surface area contributed by atoms with Gasteiger partial charge >= 0.3 is 5.97 Å². The largest absolute Gasteiger partial charge is 0.462 e. The van der Waals surface area contributed by atoms with Crippen molar-refractivity contribution in [2.75, 3.05) is 0 Å². The van der Waals surface area contributed by atoms with Crippen LogP contribution in [0.15, 0.2) is 0 Å². The first-order valence-electron chi connectivity index (χ1n) is 3.69. The second kappa shape index (κ2) is 1.37. The van der Waals surface area contributed by atoms with E-state index in [2.05, 4.69) is 0 Å². The molecular weight excluding hydrogens is 132 g/mol. The maximum absolute atomic E-state index is 10.7. The van der Waals surface area contributed by atoms with Crippen molar-refractivity contribution in [1.82, 2.24) is 0 Å². The van der Waals surface area contributed by atoms with Crippen molar-refractivity contribution >= 4 is 5.97 Å². The van der Waals surface area contributed by atoms with Gasteiger partial charge in [-0.1, -0.05) is 0 Å². The van der Waals surface area contributed by atoms with Crippen LogP contribution in [0.2, 0.25) is 0 Å². The molecule has 0 radical (unpaired) electrons. The van der Waals surface area contributed by atoms with E-state index in [9.17, 15) is 4.79 Å². The Kier molecular flexibility index (Phi) is 0.703. The zero-order chi connectivity index (χ0) is 6.72. The number of ether oxygens (including phenoxy) is 2. The van der Waals surface area contributed by atoms with Crippen molar-refractivity contribution < 1.29 is 14.3 Å². The third-order valence-corrected chi connectivity index (χ3v) is 2.67. The van der Waals surface area contributed by atoms with E-state index in [1.165, 1.54) is 0 Å². The minimum Gasteiger partial charge on any atom is -0.462 e. The summed E-state index contributed by atoms with van der Waals surface area (Å²) in [4.78, 5) is 10.7. The van der Waals surface area contributed by atoms with Crippen molar-refractivity contribution in [3.8, 4) is 0 Å². The second-order valence-electron chi connectivity index (χ2n) is 3.27. The Balaban J connectivity index is 1.88. The summed E-state index contributed by atoms with van der Waals surface area (Å²) >= 11 is 0. The lowest BCUT2D eigenvalue weighted by Crippen LogP contribution is -2.14. The third-order valence-electron chi connectivity index (χ3n) is 2.67. The number of carbonyl (C=O) groups excluding carboxylic acids is 1. The number of fused-ring (bicyclic) bond motifs is 3. The molecule has 0 aromatic carbocycles. The van der Waals surface area contributed by atoms with Gasteiger partial charge < -0.3 is 9.47 Å². The predicted octanol–water partition coefficient (Wildman–Crippen LogP) is 0.0892. The summed E-state index contributed by atoms with van der Waals surface area (Å²) in [7, 11) is 0. The molecule has 54 valence electrons. The Morgan fingerprint density at radius 3 is 3.10 bits per heavy atom. The number of epoxide rings is 1. The topological polar surface area (TPSA) is 38.8 Å².